The molecular weight excluding hydrogens is 289 g/mol. The zero-order valence-corrected chi connectivity index (χ0v) is 13.5. The van der Waals surface area contributed by atoms with Crippen LogP contribution in [0.1, 0.15) is 45.2 Å². The van der Waals surface area contributed by atoms with Crippen LogP contribution >= 0.6 is 0 Å². The summed E-state index contributed by atoms with van der Waals surface area (Å²) in [5, 5.41) is 0. The maximum absolute atomic E-state index is 13.2. The first-order chi connectivity index (χ1) is 10.2. The van der Waals surface area contributed by atoms with Crippen molar-refractivity contribution in [3.05, 3.63) is 52.9 Å². The van der Waals surface area contributed by atoms with Gasteiger partial charge in [0.05, 0.1) is 5.56 Å². The van der Waals surface area contributed by atoms with Crippen LogP contribution in [-0.4, -0.2) is 4.90 Å². The molecule has 0 atom stereocenters. The normalized spacial score (nSPS) is 11.8. The van der Waals surface area contributed by atoms with Gasteiger partial charge in [-0.2, -0.15) is 13.2 Å². The van der Waals surface area contributed by atoms with Gasteiger partial charge in [-0.15, -0.1) is 0 Å². The summed E-state index contributed by atoms with van der Waals surface area (Å²) < 4.78 is 39.6. The number of rotatable bonds is 5. The van der Waals surface area contributed by atoms with Gasteiger partial charge in [-0.1, -0.05) is 24.6 Å². The highest BCUT2D eigenvalue weighted by Gasteiger charge is 2.33. The van der Waals surface area contributed by atoms with Crippen molar-refractivity contribution in [2.45, 2.75) is 46.8 Å². The smallest absolute Gasteiger partial charge is 0.399 e. The van der Waals surface area contributed by atoms with Crippen LogP contribution in [0.4, 0.5) is 18.9 Å². The molecule has 22 heavy (non-hydrogen) atoms. The Bertz CT molecular complexity index is 568. The second kappa shape index (κ2) is 7.38. The van der Waals surface area contributed by atoms with Gasteiger partial charge in [-0.25, -0.2) is 0 Å². The van der Waals surface area contributed by atoms with Crippen molar-refractivity contribution >= 4 is 5.69 Å². The van der Waals surface area contributed by atoms with Crippen molar-refractivity contribution in [3.8, 4) is 0 Å². The summed E-state index contributed by atoms with van der Waals surface area (Å²) in [6.07, 6.45) is 0.167. The highest BCUT2D eigenvalue weighted by atomic mass is 19.4. The number of anilines is 1. The fourth-order valence-corrected chi connectivity index (χ4v) is 1.98. The number of benzene rings is 1. The number of alkyl halides is 3. The van der Waals surface area contributed by atoms with E-state index in [2.05, 4.69) is 0 Å². The van der Waals surface area contributed by atoms with Gasteiger partial charge in [-0.3, -0.25) is 0 Å². The zero-order chi connectivity index (χ0) is 16.9. The van der Waals surface area contributed by atoms with E-state index in [1.807, 2.05) is 44.9 Å². The van der Waals surface area contributed by atoms with Crippen LogP contribution in [0.25, 0.3) is 0 Å². The standard InChI is InChI=1S/C17H23F3N2/c1-5-6-9-22(13(4)12(2)3)11-14-7-8-15(21)10-16(14)17(18,19)20/h6-10H,5,11,21H2,1-4H3/b9-6-. The minimum Gasteiger partial charge on any atom is -0.399 e. The van der Waals surface area contributed by atoms with Crippen LogP contribution in [0, 0.1) is 0 Å². The monoisotopic (exact) mass is 312 g/mol. The lowest BCUT2D eigenvalue weighted by atomic mass is 10.0. The van der Waals surface area contributed by atoms with Gasteiger partial charge in [0.2, 0.25) is 0 Å². The molecule has 0 fully saturated rings. The van der Waals surface area contributed by atoms with Crippen molar-refractivity contribution in [2.24, 2.45) is 0 Å². The van der Waals surface area contributed by atoms with Gasteiger partial charge in [0.1, 0.15) is 0 Å². The van der Waals surface area contributed by atoms with E-state index in [1.54, 1.807) is 0 Å². The van der Waals surface area contributed by atoms with Gasteiger partial charge in [0, 0.05) is 24.1 Å². The van der Waals surface area contributed by atoms with Crippen LogP contribution in [-0.2, 0) is 12.7 Å². The lowest BCUT2D eigenvalue weighted by molar-refractivity contribution is -0.138. The number of halogens is 3. The number of hydrogen-bond acceptors (Lipinski definition) is 2. The molecule has 1 aromatic carbocycles. The predicted octanol–water partition coefficient (Wildman–Crippen LogP) is 5.33. The van der Waals surface area contributed by atoms with E-state index in [1.165, 1.54) is 12.1 Å². The van der Waals surface area contributed by atoms with E-state index in [9.17, 15) is 13.2 Å². The summed E-state index contributed by atoms with van der Waals surface area (Å²) in [5.74, 6) is 0. The Labute approximate surface area is 130 Å². The molecule has 0 saturated carbocycles. The minimum atomic E-state index is -4.41. The van der Waals surface area contributed by atoms with E-state index in [4.69, 9.17) is 5.73 Å². The van der Waals surface area contributed by atoms with Crippen molar-refractivity contribution in [1.82, 2.24) is 4.90 Å². The zero-order valence-electron chi connectivity index (χ0n) is 13.5. The molecule has 122 valence electrons. The van der Waals surface area contributed by atoms with E-state index in [0.29, 0.717) is 0 Å². The lowest BCUT2D eigenvalue weighted by Gasteiger charge is -2.25. The van der Waals surface area contributed by atoms with Gasteiger partial charge in [-0.05, 0) is 44.9 Å². The summed E-state index contributed by atoms with van der Waals surface area (Å²) in [6, 6.07) is 3.95. The molecule has 0 aliphatic heterocycles. The third kappa shape index (κ3) is 4.83. The summed E-state index contributed by atoms with van der Waals surface area (Å²) in [6.45, 7) is 7.92. The minimum absolute atomic E-state index is 0.116. The van der Waals surface area contributed by atoms with Crippen LogP contribution in [0.15, 0.2) is 41.7 Å². The quantitative estimate of drug-likeness (QED) is 0.745. The number of allylic oxidation sites excluding steroid dienone is 3. The second-order valence-corrected chi connectivity index (χ2v) is 5.42. The van der Waals surface area contributed by atoms with Gasteiger partial charge >= 0.3 is 6.18 Å². The fourth-order valence-electron chi connectivity index (χ4n) is 1.98. The largest absolute Gasteiger partial charge is 0.416 e. The van der Waals surface area contributed by atoms with Crippen molar-refractivity contribution in [1.29, 1.82) is 0 Å². The molecular formula is C17H23F3N2. The summed E-state index contributed by atoms with van der Waals surface area (Å²) in [4.78, 5) is 1.83. The summed E-state index contributed by atoms with van der Waals surface area (Å²) >= 11 is 0. The van der Waals surface area contributed by atoms with Crippen molar-refractivity contribution in [2.75, 3.05) is 5.73 Å². The number of nitrogens with two attached hydrogens (primary N) is 1. The maximum atomic E-state index is 13.2. The molecule has 2 N–H and O–H groups in total. The molecule has 0 bridgehead atoms. The van der Waals surface area contributed by atoms with E-state index in [-0.39, 0.29) is 17.8 Å². The van der Waals surface area contributed by atoms with Crippen molar-refractivity contribution < 1.29 is 13.2 Å². The first kappa shape index (κ1) is 18.1. The number of nitrogen functional groups attached to an aromatic ring is 1. The molecule has 0 amide bonds. The highest BCUT2D eigenvalue weighted by Crippen LogP contribution is 2.34. The van der Waals surface area contributed by atoms with Crippen molar-refractivity contribution in [3.63, 3.8) is 0 Å². The summed E-state index contributed by atoms with van der Waals surface area (Å²) in [7, 11) is 0. The van der Waals surface area contributed by atoms with Crippen LogP contribution < -0.4 is 5.73 Å². The van der Waals surface area contributed by atoms with Crippen LogP contribution in [0.3, 0.4) is 0 Å². The SMILES string of the molecule is CC/C=C\N(Cc1ccc(N)cc1C(F)(F)F)C(C)=C(C)C. The molecule has 0 unspecified atom stereocenters. The molecule has 0 radical (unpaired) electrons. The molecule has 0 aliphatic rings. The average molecular weight is 312 g/mol. The second-order valence-electron chi connectivity index (χ2n) is 5.42. The van der Waals surface area contributed by atoms with E-state index < -0.39 is 11.7 Å². The first-order valence-corrected chi connectivity index (χ1v) is 7.19. The maximum Gasteiger partial charge on any atom is 0.416 e. The summed E-state index contributed by atoms with van der Waals surface area (Å²) in [5.41, 5.74) is 7.16. The topological polar surface area (TPSA) is 29.3 Å². The first-order valence-electron chi connectivity index (χ1n) is 7.19. The Morgan fingerprint density at radius 1 is 1.23 bits per heavy atom. The van der Waals surface area contributed by atoms with E-state index in [0.717, 1.165) is 23.8 Å². The third-order valence-corrected chi connectivity index (χ3v) is 3.46. The molecule has 0 saturated heterocycles. The molecule has 0 aromatic heterocycles. The molecule has 0 aliphatic carbocycles. The number of hydrogen-bond donors (Lipinski definition) is 1. The van der Waals surface area contributed by atoms with E-state index >= 15 is 0 Å². The molecule has 5 heteroatoms. The molecule has 1 aromatic rings. The Kier molecular flexibility index (Phi) is 6.09. The van der Waals surface area contributed by atoms with Crippen LogP contribution in [0.5, 0.6) is 0 Å². The molecule has 1 rings (SSSR count). The Balaban J connectivity index is 3.24. The van der Waals surface area contributed by atoms with Gasteiger partial charge < -0.3 is 10.6 Å². The Morgan fingerprint density at radius 2 is 1.86 bits per heavy atom. The average Bonchev–Trinajstić information content (AvgIpc) is 2.42. The predicted molar refractivity (Wildman–Crippen MR) is 84.9 cm³/mol. The Morgan fingerprint density at radius 3 is 2.36 bits per heavy atom. The number of nitrogens with zero attached hydrogens (tertiary/aromatic N) is 1. The lowest BCUT2D eigenvalue weighted by Crippen LogP contribution is -2.19. The molecule has 0 spiro atoms. The van der Waals surface area contributed by atoms with Gasteiger partial charge in [0.15, 0.2) is 0 Å². The highest BCUT2D eigenvalue weighted by molar-refractivity contribution is 5.46. The third-order valence-electron chi connectivity index (χ3n) is 3.46. The van der Waals surface area contributed by atoms with Crippen LogP contribution in [0.2, 0.25) is 0 Å². The molecule has 0 heterocycles. The Hall–Kier alpha value is -1.91. The molecule has 2 nitrogen and oxygen atoms in total. The fraction of sp³-hybridized carbons (Fsp3) is 0.412. The van der Waals surface area contributed by atoms with Gasteiger partial charge in [0.25, 0.3) is 0 Å².